The lowest BCUT2D eigenvalue weighted by Gasteiger charge is -2.21. The minimum atomic E-state index is -0.885. The summed E-state index contributed by atoms with van der Waals surface area (Å²) < 4.78 is 10.6. The average Bonchev–Trinajstić information content (AvgIpc) is 2.72. The van der Waals surface area contributed by atoms with E-state index >= 15 is 0 Å². The molecule has 2 rings (SSSR count). The summed E-state index contributed by atoms with van der Waals surface area (Å²) in [4.78, 5) is 36.5. The molecule has 0 saturated carbocycles. The first-order chi connectivity index (χ1) is 14.7. The lowest BCUT2D eigenvalue weighted by atomic mass is 10.0. The Morgan fingerprint density at radius 2 is 1.58 bits per heavy atom. The van der Waals surface area contributed by atoms with E-state index < -0.39 is 23.9 Å². The number of carbonyl (C=O) groups excluding carboxylic acids is 3. The second-order valence-corrected chi connectivity index (χ2v) is 7.58. The third-order valence-corrected chi connectivity index (χ3v) is 4.33. The van der Waals surface area contributed by atoms with Gasteiger partial charge >= 0.3 is 6.09 Å². The van der Waals surface area contributed by atoms with Crippen LogP contribution in [0.25, 0.3) is 0 Å². The Morgan fingerprint density at radius 1 is 0.935 bits per heavy atom. The first-order valence-electron chi connectivity index (χ1n) is 10.0. The van der Waals surface area contributed by atoms with Gasteiger partial charge in [-0.3, -0.25) is 20.4 Å². The van der Waals surface area contributed by atoms with Gasteiger partial charge in [-0.15, -0.1) is 0 Å². The van der Waals surface area contributed by atoms with E-state index in [0.29, 0.717) is 5.75 Å². The largest absolute Gasteiger partial charge is 0.484 e. The molecule has 1 atom stereocenters. The van der Waals surface area contributed by atoms with Crippen LogP contribution in [-0.4, -0.2) is 30.6 Å². The molecule has 8 nitrogen and oxygen atoms in total. The summed E-state index contributed by atoms with van der Waals surface area (Å²) in [5.74, 6) is -0.748. The van der Waals surface area contributed by atoms with Gasteiger partial charge in [-0.05, 0) is 48.6 Å². The Labute approximate surface area is 182 Å². The molecule has 0 radical (unpaired) electrons. The number of nitrogens with one attached hydrogen (secondary N) is 3. The quantitative estimate of drug-likeness (QED) is 0.562. The standard InChI is InChI=1S/C23H29N3O5/c1-15(2)21(24-23(29)31-13-18-8-6-5-7-9-18)22(28)26-25-20(27)14-30-19-11-16(3)10-17(4)12-19/h5-12,15,21H,13-14H2,1-4H3,(H,24,29)(H,25,27)(H,26,28)/t21-/m0/s1. The summed E-state index contributed by atoms with van der Waals surface area (Å²) in [5, 5.41) is 2.52. The van der Waals surface area contributed by atoms with Gasteiger partial charge in [0.25, 0.3) is 11.8 Å². The molecule has 0 aliphatic heterocycles. The highest BCUT2D eigenvalue weighted by molar-refractivity contribution is 5.88. The SMILES string of the molecule is Cc1cc(C)cc(OCC(=O)NNC(=O)[C@@H](NC(=O)OCc2ccccc2)C(C)C)c1. The number of carbonyl (C=O) groups is 3. The molecule has 8 heteroatoms. The summed E-state index contributed by atoms with van der Waals surface area (Å²) >= 11 is 0. The molecule has 0 saturated heterocycles. The van der Waals surface area contributed by atoms with Crippen molar-refractivity contribution >= 4 is 17.9 Å². The summed E-state index contributed by atoms with van der Waals surface area (Å²) in [6.45, 7) is 7.24. The van der Waals surface area contributed by atoms with Crippen LogP contribution in [0, 0.1) is 19.8 Å². The zero-order valence-corrected chi connectivity index (χ0v) is 18.2. The van der Waals surface area contributed by atoms with Gasteiger partial charge in [-0.25, -0.2) is 4.79 Å². The first-order valence-corrected chi connectivity index (χ1v) is 10.0. The number of aryl methyl sites for hydroxylation is 2. The van der Waals surface area contributed by atoms with Crippen molar-refractivity contribution < 1.29 is 23.9 Å². The van der Waals surface area contributed by atoms with Crippen molar-refractivity contribution in [3.05, 3.63) is 65.2 Å². The fourth-order valence-corrected chi connectivity index (χ4v) is 2.84. The molecule has 31 heavy (non-hydrogen) atoms. The van der Waals surface area contributed by atoms with E-state index in [0.717, 1.165) is 16.7 Å². The van der Waals surface area contributed by atoms with E-state index in [2.05, 4.69) is 16.2 Å². The highest BCUT2D eigenvalue weighted by atomic mass is 16.5. The second kappa shape index (κ2) is 11.6. The Bertz CT molecular complexity index is 879. The molecule has 0 unspecified atom stereocenters. The average molecular weight is 428 g/mol. The first kappa shape index (κ1) is 23.7. The second-order valence-electron chi connectivity index (χ2n) is 7.58. The van der Waals surface area contributed by atoms with Crippen LogP contribution in [0.1, 0.15) is 30.5 Å². The molecule has 3 amide bonds. The Balaban J connectivity index is 1.78. The highest BCUT2D eigenvalue weighted by Gasteiger charge is 2.25. The predicted molar refractivity (Wildman–Crippen MR) is 116 cm³/mol. The molecule has 0 aromatic heterocycles. The van der Waals surface area contributed by atoms with Gasteiger partial charge < -0.3 is 14.8 Å². The maximum absolute atomic E-state index is 12.4. The van der Waals surface area contributed by atoms with E-state index in [1.807, 2.05) is 62.4 Å². The molecule has 0 aliphatic carbocycles. The topological polar surface area (TPSA) is 106 Å². The smallest absolute Gasteiger partial charge is 0.408 e. The van der Waals surface area contributed by atoms with Crippen molar-refractivity contribution in [3.8, 4) is 5.75 Å². The number of benzene rings is 2. The third-order valence-electron chi connectivity index (χ3n) is 4.33. The minimum absolute atomic E-state index is 0.0889. The number of alkyl carbamates (subject to hydrolysis) is 1. The van der Waals surface area contributed by atoms with Crippen LogP contribution in [0.5, 0.6) is 5.75 Å². The van der Waals surface area contributed by atoms with E-state index in [-0.39, 0.29) is 19.1 Å². The van der Waals surface area contributed by atoms with Gasteiger partial charge in [-0.2, -0.15) is 0 Å². The molecule has 3 N–H and O–H groups in total. The van der Waals surface area contributed by atoms with E-state index in [9.17, 15) is 14.4 Å². The third kappa shape index (κ3) is 8.38. The van der Waals surface area contributed by atoms with Crippen molar-refractivity contribution in [2.45, 2.75) is 40.3 Å². The zero-order chi connectivity index (χ0) is 22.8. The van der Waals surface area contributed by atoms with Crippen LogP contribution in [-0.2, 0) is 20.9 Å². The summed E-state index contributed by atoms with van der Waals surface area (Å²) in [7, 11) is 0. The van der Waals surface area contributed by atoms with Crippen molar-refractivity contribution in [1.29, 1.82) is 0 Å². The summed E-state index contributed by atoms with van der Waals surface area (Å²) in [5.41, 5.74) is 7.48. The molecule has 2 aromatic rings. The van der Waals surface area contributed by atoms with Crippen molar-refractivity contribution in [2.75, 3.05) is 6.61 Å². The predicted octanol–water partition coefficient (Wildman–Crippen LogP) is 2.78. The Morgan fingerprint density at radius 3 is 2.19 bits per heavy atom. The lowest BCUT2D eigenvalue weighted by Crippen LogP contribution is -2.55. The maximum Gasteiger partial charge on any atom is 0.408 e. The summed E-state index contributed by atoms with van der Waals surface area (Å²) in [6, 6.07) is 14.0. The van der Waals surface area contributed by atoms with Crippen LogP contribution in [0.2, 0.25) is 0 Å². The van der Waals surface area contributed by atoms with Gasteiger partial charge in [0.05, 0.1) is 0 Å². The number of rotatable bonds is 8. The normalized spacial score (nSPS) is 11.4. The van der Waals surface area contributed by atoms with Crippen molar-refractivity contribution in [3.63, 3.8) is 0 Å². The van der Waals surface area contributed by atoms with E-state index in [1.165, 1.54) is 0 Å². The monoisotopic (exact) mass is 427 g/mol. The van der Waals surface area contributed by atoms with Gasteiger partial charge in [-0.1, -0.05) is 50.2 Å². The van der Waals surface area contributed by atoms with Crippen LogP contribution in [0.4, 0.5) is 4.79 Å². The maximum atomic E-state index is 12.4. The molecular formula is C23H29N3O5. The molecule has 0 heterocycles. The van der Waals surface area contributed by atoms with Crippen LogP contribution < -0.4 is 20.9 Å². The molecule has 0 aliphatic rings. The number of amides is 3. The molecule has 0 fully saturated rings. The Hall–Kier alpha value is -3.55. The van der Waals surface area contributed by atoms with Crippen LogP contribution >= 0.6 is 0 Å². The van der Waals surface area contributed by atoms with Crippen LogP contribution in [0.15, 0.2) is 48.5 Å². The van der Waals surface area contributed by atoms with Crippen molar-refractivity contribution in [1.82, 2.24) is 16.2 Å². The number of hydrogen-bond donors (Lipinski definition) is 3. The lowest BCUT2D eigenvalue weighted by molar-refractivity contribution is -0.131. The number of hydrogen-bond acceptors (Lipinski definition) is 5. The van der Waals surface area contributed by atoms with Gasteiger partial charge in [0.15, 0.2) is 6.61 Å². The molecule has 0 spiro atoms. The van der Waals surface area contributed by atoms with E-state index in [1.54, 1.807) is 13.8 Å². The molecule has 2 aromatic carbocycles. The summed E-state index contributed by atoms with van der Waals surface area (Å²) in [6.07, 6.45) is -0.720. The van der Waals surface area contributed by atoms with Crippen molar-refractivity contribution in [2.24, 2.45) is 5.92 Å². The molecule has 166 valence electrons. The van der Waals surface area contributed by atoms with E-state index in [4.69, 9.17) is 9.47 Å². The Kier molecular flexibility index (Phi) is 8.87. The highest BCUT2D eigenvalue weighted by Crippen LogP contribution is 2.15. The van der Waals surface area contributed by atoms with Gasteiger partial charge in [0.2, 0.25) is 0 Å². The van der Waals surface area contributed by atoms with Crippen LogP contribution in [0.3, 0.4) is 0 Å². The zero-order valence-electron chi connectivity index (χ0n) is 18.2. The molecule has 0 bridgehead atoms. The van der Waals surface area contributed by atoms with Gasteiger partial charge in [0.1, 0.15) is 18.4 Å². The molecular weight excluding hydrogens is 398 g/mol. The fraction of sp³-hybridized carbons (Fsp3) is 0.348. The number of ether oxygens (including phenoxy) is 2. The fourth-order valence-electron chi connectivity index (χ4n) is 2.84. The van der Waals surface area contributed by atoms with Gasteiger partial charge in [0, 0.05) is 0 Å². The number of hydrazine groups is 1. The minimum Gasteiger partial charge on any atom is -0.484 e.